The summed E-state index contributed by atoms with van der Waals surface area (Å²) in [6.45, 7) is 0. The third-order valence-corrected chi connectivity index (χ3v) is 5.64. The Morgan fingerprint density at radius 1 is 1.03 bits per heavy atom. The molecule has 0 saturated carbocycles. The molecule has 0 radical (unpaired) electrons. The van der Waals surface area contributed by atoms with Crippen molar-refractivity contribution < 1.29 is 23.8 Å². The van der Waals surface area contributed by atoms with Crippen LogP contribution in [-0.4, -0.2) is 26.0 Å². The number of allylic oxidation sites excluding steroid dienone is 2. The Hall–Kier alpha value is -3.54. The van der Waals surface area contributed by atoms with Gasteiger partial charge in [-0.2, -0.15) is 0 Å². The van der Waals surface area contributed by atoms with Crippen molar-refractivity contribution in [1.82, 2.24) is 0 Å². The summed E-state index contributed by atoms with van der Waals surface area (Å²) in [4.78, 5) is 25.9. The summed E-state index contributed by atoms with van der Waals surface area (Å²) < 4.78 is 16.1. The summed E-state index contributed by atoms with van der Waals surface area (Å²) in [5, 5.41) is 0. The summed E-state index contributed by atoms with van der Waals surface area (Å²) >= 11 is 0. The topological polar surface area (TPSA) is 87.9 Å². The first-order valence-electron chi connectivity index (χ1n) is 9.74. The van der Waals surface area contributed by atoms with Crippen LogP contribution >= 0.6 is 0 Å². The van der Waals surface area contributed by atoms with Crippen LogP contribution in [0.25, 0.3) is 0 Å². The van der Waals surface area contributed by atoms with E-state index in [1.54, 1.807) is 19.2 Å². The third kappa shape index (κ3) is 3.45. The van der Waals surface area contributed by atoms with Gasteiger partial charge in [-0.25, -0.2) is 4.79 Å². The Labute approximate surface area is 174 Å². The van der Waals surface area contributed by atoms with Crippen LogP contribution in [-0.2, 0) is 19.1 Å². The molecule has 0 unspecified atom stereocenters. The van der Waals surface area contributed by atoms with E-state index in [0.717, 1.165) is 11.1 Å². The number of benzene rings is 2. The molecule has 1 aliphatic carbocycles. The minimum Gasteiger partial charge on any atom is -0.497 e. The molecule has 0 aromatic heterocycles. The van der Waals surface area contributed by atoms with Crippen LogP contribution in [0, 0.1) is 0 Å². The number of Topliss-reactive ketones (excluding diaryl/α,β-unsaturated/α-hetero) is 1. The fraction of sp³-hybridized carbons (Fsp3) is 0.250. The third-order valence-electron chi connectivity index (χ3n) is 5.64. The lowest BCUT2D eigenvalue weighted by Crippen LogP contribution is -2.32. The van der Waals surface area contributed by atoms with Gasteiger partial charge in [0.1, 0.15) is 17.1 Å². The molecule has 1 aliphatic heterocycles. The van der Waals surface area contributed by atoms with E-state index >= 15 is 0 Å². The van der Waals surface area contributed by atoms with Crippen LogP contribution in [0.15, 0.2) is 77.4 Å². The van der Waals surface area contributed by atoms with Crippen molar-refractivity contribution in [2.75, 3.05) is 14.2 Å². The van der Waals surface area contributed by atoms with Crippen molar-refractivity contribution in [1.29, 1.82) is 0 Å². The minimum absolute atomic E-state index is 0.00381. The second-order valence-corrected chi connectivity index (χ2v) is 7.36. The SMILES string of the molecule is COC(=O)C1=C(N)OC2=C(C(=O)C[C@@H](c3ccccc3)C2)[C@@H]1c1cccc(OC)c1. The predicted molar refractivity (Wildman–Crippen MR) is 110 cm³/mol. The molecule has 2 N–H and O–H groups in total. The fourth-order valence-electron chi connectivity index (χ4n) is 4.23. The lowest BCUT2D eigenvalue weighted by Gasteiger charge is -2.35. The van der Waals surface area contributed by atoms with E-state index in [0.29, 0.717) is 29.9 Å². The normalized spacial score (nSPS) is 21.1. The van der Waals surface area contributed by atoms with Gasteiger partial charge in [0.05, 0.1) is 20.1 Å². The highest BCUT2D eigenvalue weighted by atomic mass is 16.5. The van der Waals surface area contributed by atoms with E-state index in [1.807, 2.05) is 42.5 Å². The summed E-state index contributed by atoms with van der Waals surface area (Å²) in [6.07, 6.45) is 0.863. The smallest absolute Gasteiger partial charge is 0.340 e. The van der Waals surface area contributed by atoms with Crippen LogP contribution in [0.2, 0.25) is 0 Å². The van der Waals surface area contributed by atoms with Gasteiger partial charge in [-0.3, -0.25) is 4.79 Å². The number of ether oxygens (including phenoxy) is 3. The molecule has 2 aromatic rings. The zero-order valence-electron chi connectivity index (χ0n) is 16.9. The van der Waals surface area contributed by atoms with Crippen LogP contribution in [0.3, 0.4) is 0 Å². The van der Waals surface area contributed by atoms with Crippen molar-refractivity contribution in [3.63, 3.8) is 0 Å². The van der Waals surface area contributed by atoms with Gasteiger partial charge in [0.2, 0.25) is 5.88 Å². The van der Waals surface area contributed by atoms with E-state index in [1.165, 1.54) is 7.11 Å². The summed E-state index contributed by atoms with van der Waals surface area (Å²) in [6, 6.07) is 17.1. The van der Waals surface area contributed by atoms with Gasteiger partial charge in [0, 0.05) is 18.4 Å². The summed E-state index contributed by atoms with van der Waals surface area (Å²) in [5.41, 5.74) is 8.56. The maximum absolute atomic E-state index is 13.3. The Balaban J connectivity index is 1.82. The molecule has 0 bridgehead atoms. The highest BCUT2D eigenvalue weighted by Crippen LogP contribution is 2.47. The maximum Gasteiger partial charge on any atom is 0.340 e. The molecule has 0 amide bonds. The number of hydrogen-bond acceptors (Lipinski definition) is 6. The first-order valence-corrected chi connectivity index (χ1v) is 9.74. The average molecular weight is 405 g/mol. The highest BCUT2D eigenvalue weighted by molar-refractivity contribution is 6.03. The number of esters is 1. The van der Waals surface area contributed by atoms with Crippen molar-refractivity contribution >= 4 is 11.8 Å². The molecule has 0 saturated heterocycles. The molecule has 0 spiro atoms. The van der Waals surface area contributed by atoms with Gasteiger partial charge in [-0.15, -0.1) is 0 Å². The zero-order valence-corrected chi connectivity index (χ0v) is 16.9. The molecule has 4 rings (SSSR count). The van der Waals surface area contributed by atoms with Crippen molar-refractivity contribution in [2.45, 2.75) is 24.7 Å². The number of hydrogen-bond donors (Lipinski definition) is 1. The van der Waals surface area contributed by atoms with E-state index < -0.39 is 11.9 Å². The Morgan fingerprint density at radius 3 is 2.47 bits per heavy atom. The van der Waals surface area contributed by atoms with E-state index in [9.17, 15) is 9.59 Å². The molecule has 1 heterocycles. The quantitative estimate of drug-likeness (QED) is 0.783. The maximum atomic E-state index is 13.3. The van der Waals surface area contributed by atoms with Gasteiger partial charge in [0.15, 0.2) is 5.78 Å². The second kappa shape index (κ2) is 8.06. The predicted octanol–water partition coefficient (Wildman–Crippen LogP) is 3.55. The molecular weight excluding hydrogens is 382 g/mol. The van der Waals surface area contributed by atoms with Crippen molar-refractivity contribution in [3.05, 3.63) is 88.5 Å². The number of methoxy groups -OCH3 is 2. The average Bonchev–Trinajstić information content (AvgIpc) is 2.78. The van der Waals surface area contributed by atoms with Gasteiger partial charge in [0.25, 0.3) is 0 Å². The van der Waals surface area contributed by atoms with Crippen molar-refractivity contribution in [3.8, 4) is 5.75 Å². The summed E-state index contributed by atoms with van der Waals surface area (Å²) in [7, 11) is 2.85. The number of ketones is 1. The summed E-state index contributed by atoms with van der Waals surface area (Å²) in [5.74, 6) is -0.254. The van der Waals surface area contributed by atoms with Crippen LogP contribution in [0.4, 0.5) is 0 Å². The minimum atomic E-state index is -0.666. The number of rotatable bonds is 4. The van der Waals surface area contributed by atoms with Gasteiger partial charge >= 0.3 is 5.97 Å². The molecule has 2 aliphatic rings. The molecule has 0 fully saturated rings. The zero-order chi connectivity index (χ0) is 21.3. The first kappa shape index (κ1) is 19.8. The number of carbonyl (C=O) groups is 2. The van der Waals surface area contributed by atoms with Gasteiger partial charge < -0.3 is 19.9 Å². The molecule has 2 aromatic carbocycles. The molecule has 30 heavy (non-hydrogen) atoms. The monoisotopic (exact) mass is 405 g/mol. The molecular formula is C24H23NO5. The molecule has 6 heteroatoms. The first-order chi connectivity index (χ1) is 14.5. The van der Waals surface area contributed by atoms with E-state index in [2.05, 4.69) is 0 Å². The lowest BCUT2D eigenvalue weighted by atomic mass is 9.73. The Bertz CT molecular complexity index is 1050. The Morgan fingerprint density at radius 2 is 1.77 bits per heavy atom. The highest BCUT2D eigenvalue weighted by Gasteiger charge is 2.43. The largest absolute Gasteiger partial charge is 0.497 e. The Kier molecular flexibility index (Phi) is 5.31. The number of carbonyl (C=O) groups excluding carboxylic acids is 2. The van der Waals surface area contributed by atoms with Gasteiger partial charge in [-0.05, 0) is 29.2 Å². The molecule has 154 valence electrons. The lowest BCUT2D eigenvalue weighted by molar-refractivity contribution is -0.136. The fourth-order valence-corrected chi connectivity index (χ4v) is 4.23. The van der Waals surface area contributed by atoms with Crippen molar-refractivity contribution in [2.24, 2.45) is 5.73 Å². The second-order valence-electron chi connectivity index (χ2n) is 7.36. The van der Waals surface area contributed by atoms with Crippen LogP contribution in [0.1, 0.15) is 35.8 Å². The van der Waals surface area contributed by atoms with Gasteiger partial charge in [-0.1, -0.05) is 42.5 Å². The number of nitrogens with two attached hydrogens (primary N) is 1. The van der Waals surface area contributed by atoms with E-state index in [4.69, 9.17) is 19.9 Å². The molecule has 6 nitrogen and oxygen atoms in total. The van der Waals surface area contributed by atoms with E-state index in [-0.39, 0.29) is 23.2 Å². The molecule has 2 atom stereocenters. The standard InChI is InChI=1S/C24H23NO5/c1-28-17-10-6-9-15(11-17)20-21-18(26)12-16(14-7-4-3-5-8-14)13-19(21)30-23(25)22(20)24(27)29-2/h3-11,16,20H,12-13,25H2,1-2H3/t16-,20+/m1/s1. The van der Waals surface area contributed by atoms with Crippen LogP contribution < -0.4 is 10.5 Å². The van der Waals surface area contributed by atoms with Crippen LogP contribution in [0.5, 0.6) is 5.75 Å².